The van der Waals surface area contributed by atoms with Crippen molar-refractivity contribution >= 4 is 11.8 Å². The maximum absolute atomic E-state index is 12.4. The average Bonchev–Trinajstić information content (AvgIpc) is 2.90. The number of carbonyl (C=O) groups excluding carboxylic acids is 2. The Morgan fingerprint density at radius 3 is 3.14 bits per heavy atom. The fourth-order valence-corrected chi connectivity index (χ4v) is 3.84. The Hall–Kier alpha value is -2.30. The minimum absolute atomic E-state index is 0.0726. The molecule has 1 saturated carbocycles. The minimum atomic E-state index is -0.383. The summed E-state index contributed by atoms with van der Waals surface area (Å²) in [5.41, 5.74) is 3.40. The number of aromatic amines is 1. The van der Waals surface area contributed by atoms with Gasteiger partial charge < -0.3 is 15.0 Å². The summed E-state index contributed by atoms with van der Waals surface area (Å²) in [6.45, 7) is 6.40. The molecule has 4 rings (SSSR count). The molecule has 1 aromatic rings. The van der Waals surface area contributed by atoms with Crippen LogP contribution in [0.1, 0.15) is 38.5 Å². The zero-order valence-corrected chi connectivity index (χ0v) is 11.8. The average molecular weight is 284 g/mol. The Balaban J connectivity index is 1.88. The standard InChI is InChI=1S/C16H16N2O3/c1-3-4-21-15(20)12-8(2)18-14-10(19)5-11-16(13(12)14)6-9(16)7-17-11/h3,5,9,17-18H,1,4,6-7H2,2H3/t9-,16+/m1/s1. The smallest absolute Gasteiger partial charge is 0.340 e. The van der Waals surface area contributed by atoms with Crippen molar-refractivity contribution in [3.8, 4) is 0 Å². The maximum Gasteiger partial charge on any atom is 0.340 e. The first-order valence-electron chi connectivity index (χ1n) is 7.11. The number of ketones is 1. The van der Waals surface area contributed by atoms with Crippen LogP contribution in [0.15, 0.2) is 24.4 Å². The normalized spacial score (nSPS) is 28.0. The van der Waals surface area contributed by atoms with E-state index in [1.54, 1.807) is 6.08 Å². The van der Waals surface area contributed by atoms with E-state index in [1.807, 2.05) is 6.92 Å². The van der Waals surface area contributed by atoms with E-state index in [-0.39, 0.29) is 23.8 Å². The van der Waals surface area contributed by atoms with Crippen LogP contribution in [0.25, 0.3) is 0 Å². The van der Waals surface area contributed by atoms with Gasteiger partial charge in [0.15, 0.2) is 0 Å². The highest BCUT2D eigenvalue weighted by Crippen LogP contribution is 2.64. The van der Waals surface area contributed by atoms with Crippen molar-refractivity contribution in [2.75, 3.05) is 13.2 Å². The first-order chi connectivity index (χ1) is 10.1. The van der Waals surface area contributed by atoms with E-state index < -0.39 is 0 Å². The molecular weight excluding hydrogens is 268 g/mol. The van der Waals surface area contributed by atoms with E-state index in [0.29, 0.717) is 22.9 Å². The lowest BCUT2D eigenvalue weighted by atomic mass is 9.83. The molecule has 5 heteroatoms. The molecule has 2 heterocycles. The number of piperidine rings is 1. The topological polar surface area (TPSA) is 71.2 Å². The first-order valence-corrected chi connectivity index (χ1v) is 7.11. The molecule has 0 bridgehead atoms. The van der Waals surface area contributed by atoms with Gasteiger partial charge in [0.1, 0.15) is 6.61 Å². The summed E-state index contributed by atoms with van der Waals surface area (Å²) in [5.74, 6) is 0.0131. The Bertz CT molecular complexity index is 728. The van der Waals surface area contributed by atoms with Crippen LogP contribution in [0.3, 0.4) is 0 Å². The van der Waals surface area contributed by atoms with Gasteiger partial charge in [-0.05, 0) is 19.3 Å². The van der Waals surface area contributed by atoms with E-state index >= 15 is 0 Å². The number of ether oxygens (including phenoxy) is 1. The van der Waals surface area contributed by atoms with Crippen molar-refractivity contribution in [2.45, 2.75) is 18.8 Å². The van der Waals surface area contributed by atoms with Crippen LogP contribution in [-0.2, 0) is 10.2 Å². The molecule has 1 aromatic heterocycles. The van der Waals surface area contributed by atoms with Gasteiger partial charge in [-0.1, -0.05) is 12.7 Å². The van der Waals surface area contributed by atoms with Gasteiger partial charge >= 0.3 is 5.97 Å². The molecule has 1 saturated heterocycles. The molecule has 108 valence electrons. The largest absolute Gasteiger partial charge is 0.458 e. The molecule has 2 fully saturated rings. The Morgan fingerprint density at radius 1 is 1.62 bits per heavy atom. The number of hydrogen-bond acceptors (Lipinski definition) is 4. The summed E-state index contributed by atoms with van der Waals surface area (Å²) in [6, 6.07) is 0. The highest BCUT2D eigenvalue weighted by Gasteiger charge is 2.65. The predicted molar refractivity (Wildman–Crippen MR) is 76.2 cm³/mol. The number of nitrogens with one attached hydrogen (secondary N) is 2. The lowest BCUT2D eigenvalue weighted by Gasteiger charge is -2.22. The second-order valence-electron chi connectivity index (χ2n) is 5.94. The van der Waals surface area contributed by atoms with Crippen molar-refractivity contribution in [1.29, 1.82) is 0 Å². The molecule has 2 aliphatic carbocycles. The molecule has 2 atom stereocenters. The zero-order chi connectivity index (χ0) is 14.8. The third-order valence-corrected chi connectivity index (χ3v) is 4.82. The van der Waals surface area contributed by atoms with Gasteiger partial charge in [0.25, 0.3) is 0 Å². The van der Waals surface area contributed by atoms with Crippen molar-refractivity contribution in [2.24, 2.45) is 5.92 Å². The van der Waals surface area contributed by atoms with Gasteiger partial charge in [-0.2, -0.15) is 0 Å². The van der Waals surface area contributed by atoms with E-state index in [4.69, 9.17) is 4.74 Å². The summed E-state index contributed by atoms with van der Waals surface area (Å²) < 4.78 is 5.20. The van der Waals surface area contributed by atoms with Gasteiger partial charge in [0.2, 0.25) is 5.78 Å². The van der Waals surface area contributed by atoms with E-state index in [9.17, 15) is 9.59 Å². The van der Waals surface area contributed by atoms with Crippen LogP contribution in [-0.4, -0.2) is 29.9 Å². The van der Waals surface area contributed by atoms with Gasteiger partial charge in [-0.25, -0.2) is 4.79 Å². The third kappa shape index (κ3) is 1.41. The Labute approximate surface area is 122 Å². The lowest BCUT2D eigenvalue weighted by Crippen LogP contribution is -2.26. The number of allylic oxidation sites excluding steroid dienone is 2. The number of fused-ring (bicyclic) bond motifs is 1. The molecule has 0 amide bonds. The SMILES string of the molecule is C=CCOC(=O)c1c(C)[nH]c2c1[C@@]13C[C@@H]1CNC3=CC2=O. The second kappa shape index (κ2) is 3.87. The monoisotopic (exact) mass is 284 g/mol. The van der Waals surface area contributed by atoms with Gasteiger partial charge in [0.05, 0.1) is 11.3 Å². The van der Waals surface area contributed by atoms with Crippen molar-refractivity contribution in [1.82, 2.24) is 10.3 Å². The van der Waals surface area contributed by atoms with Crippen molar-refractivity contribution in [3.05, 3.63) is 46.9 Å². The van der Waals surface area contributed by atoms with Gasteiger partial charge in [-0.3, -0.25) is 4.79 Å². The number of esters is 1. The van der Waals surface area contributed by atoms with Crippen LogP contribution in [0, 0.1) is 12.8 Å². The fourth-order valence-electron chi connectivity index (χ4n) is 3.84. The summed E-state index contributed by atoms with van der Waals surface area (Å²) in [4.78, 5) is 27.7. The summed E-state index contributed by atoms with van der Waals surface area (Å²) >= 11 is 0. The number of carbonyl (C=O) groups is 2. The van der Waals surface area contributed by atoms with Crippen LogP contribution in [0.5, 0.6) is 0 Å². The summed E-state index contributed by atoms with van der Waals surface area (Å²) in [6.07, 6.45) is 4.20. The zero-order valence-electron chi connectivity index (χ0n) is 11.8. The minimum Gasteiger partial charge on any atom is -0.458 e. The summed E-state index contributed by atoms with van der Waals surface area (Å²) in [5, 5.41) is 3.30. The number of hydrogen-bond donors (Lipinski definition) is 2. The number of aromatic nitrogens is 1. The third-order valence-electron chi connectivity index (χ3n) is 4.82. The van der Waals surface area contributed by atoms with E-state index in [1.165, 1.54) is 6.08 Å². The highest BCUT2D eigenvalue weighted by atomic mass is 16.5. The molecule has 0 unspecified atom stereocenters. The molecule has 0 radical (unpaired) electrons. The molecule has 21 heavy (non-hydrogen) atoms. The quantitative estimate of drug-likeness (QED) is 0.653. The molecule has 5 nitrogen and oxygen atoms in total. The number of rotatable bonds is 3. The second-order valence-corrected chi connectivity index (χ2v) is 5.94. The van der Waals surface area contributed by atoms with E-state index in [0.717, 1.165) is 24.2 Å². The first kappa shape index (κ1) is 12.4. The van der Waals surface area contributed by atoms with Crippen LogP contribution in [0.4, 0.5) is 0 Å². The van der Waals surface area contributed by atoms with Crippen molar-refractivity contribution < 1.29 is 14.3 Å². The van der Waals surface area contributed by atoms with Crippen LogP contribution in [0.2, 0.25) is 0 Å². The molecule has 3 aliphatic rings. The number of H-pyrrole nitrogens is 1. The van der Waals surface area contributed by atoms with Crippen molar-refractivity contribution in [3.63, 3.8) is 0 Å². The molecule has 2 N–H and O–H groups in total. The highest BCUT2D eigenvalue weighted by molar-refractivity contribution is 6.10. The molecule has 1 spiro atoms. The maximum atomic E-state index is 12.4. The summed E-state index contributed by atoms with van der Waals surface area (Å²) in [7, 11) is 0. The van der Waals surface area contributed by atoms with Gasteiger partial charge in [-0.15, -0.1) is 0 Å². The lowest BCUT2D eigenvalue weighted by molar-refractivity contribution is 0.0547. The van der Waals surface area contributed by atoms with Crippen LogP contribution >= 0.6 is 0 Å². The molecule has 0 aromatic carbocycles. The number of aryl methyl sites for hydroxylation is 1. The Morgan fingerprint density at radius 2 is 2.43 bits per heavy atom. The fraction of sp³-hybridized carbons (Fsp3) is 0.375. The molecular formula is C16H16N2O3. The predicted octanol–water partition coefficient (Wildman–Crippen LogP) is 1.61. The molecule has 1 aliphatic heterocycles. The van der Waals surface area contributed by atoms with E-state index in [2.05, 4.69) is 16.9 Å². The Kier molecular flexibility index (Phi) is 2.29. The van der Waals surface area contributed by atoms with Gasteiger partial charge in [0, 0.05) is 35.0 Å². The van der Waals surface area contributed by atoms with Crippen LogP contribution < -0.4 is 5.32 Å².